The van der Waals surface area contributed by atoms with Crippen molar-refractivity contribution in [1.82, 2.24) is 5.43 Å². The third-order valence-electron chi connectivity index (χ3n) is 4.32. The fourth-order valence-electron chi connectivity index (χ4n) is 2.77. The van der Waals surface area contributed by atoms with Gasteiger partial charge >= 0.3 is 5.97 Å². The number of nitrogens with one attached hydrogen (secondary N) is 2. The van der Waals surface area contributed by atoms with Crippen molar-refractivity contribution in [3.63, 3.8) is 0 Å². The number of carbonyl (C=O) groups excluding carboxylic acids is 3. The Bertz CT molecular complexity index is 1040. The molecule has 0 bridgehead atoms. The van der Waals surface area contributed by atoms with Crippen LogP contribution in [0.5, 0.6) is 17.2 Å². The van der Waals surface area contributed by atoms with Crippen molar-refractivity contribution in [1.29, 1.82) is 0 Å². The summed E-state index contributed by atoms with van der Waals surface area (Å²) in [7, 11) is 1.46. The molecule has 0 heterocycles. The van der Waals surface area contributed by atoms with Gasteiger partial charge < -0.3 is 24.3 Å². The second kappa shape index (κ2) is 14.6. The summed E-state index contributed by atoms with van der Waals surface area (Å²) >= 11 is 3.37. The molecule has 2 N–H and O–H groups in total. The molecule has 0 fully saturated rings. The van der Waals surface area contributed by atoms with Crippen molar-refractivity contribution in [2.75, 3.05) is 32.2 Å². The molecule has 0 radical (unpaired) electrons. The van der Waals surface area contributed by atoms with E-state index in [9.17, 15) is 14.4 Å². The number of rotatable bonds is 13. The maximum absolute atomic E-state index is 12.1. The molecule has 35 heavy (non-hydrogen) atoms. The Labute approximate surface area is 212 Å². The fraction of sp³-hybridized carbons (Fsp3) is 0.333. The Kier molecular flexibility index (Phi) is 11.5. The maximum Gasteiger partial charge on any atom is 0.344 e. The van der Waals surface area contributed by atoms with Gasteiger partial charge in [-0.15, -0.1) is 0 Å². The summed E-state index contributed by atoms with van der Waals surface area (Å²) in [6.45, 7) is 4.15. The molecule has 0 aliphatic heterocycles. The van der Waals surface area contributed by atoms with Gasteiger partial charge in [0.2, 0.25) is 11.8 Å². The molecule has 0 aliphatic rings. The van der Waals surface area contributed by atoms with Crippen LogP contribution in [0, 0.1) is 0 Å². The number of nitrogens with zero attached hydrogens (tertiary/aromatic N) is 1. The van der Waals surface area contributed by atoms with Gasteiger partial charge in [-0.2, -0.15) is 5.10 Å². The van der Waals surface area contributed by atoms with Gasteiger partial charge in [0.05, 0.1) is 31.0 Å². The van der Waals surface area contributed by atoms with Crippen LogP contribution in [0.3, 0.4) is 0 Å². The summed E-state index contributed by atoms with van der Waals surface area (Å²) < 4.78 is 21.5. The van der Waals surface area contributed by atoms with Gasteiger partial charge in [-0.25, -0.2) is 10.2 Å². The lowest BCUT2D eigenvalue weighted by atomic mass is 10.2. The first kappa shape index (κ1) is 27.6. The molecule has 2 rings (SSSR count). The molecule has 188 valence electrons. The zero-order valence-electron chi connectivity index (χ0n) is 19.8. The van der Waals surface area contributed by atoms with Crippen LogP contribution in [-0.2, 0) is 19.1 Å². The number of benzene rings is 2. The van der Waals surface area contributed by atoms with Crippen molar-refractivity contribution >= 4 is 45.6 Å². The Balaban J connectivity index is 1.83. The predicted molar refractivity (Wildman–Crippen MR) is 134 cm³/mol. The van der Waals surface area contributed by atoms with Crippen molar-refractivity contribution in [3.8, 4) is 17.2 Å². The molecule has 0 saturated carbocycles. The summed E-state index contributed by atoms with van der Waals surface area (Å²) in [5.74, 6) is 0.209. The zero-order valence-corrected chi connectivity index (χ0v) is 21.3. The number of methoxy groups -OCH3 is 1. The SMILES string of the molecule is CCOC(=O)COc1c(Br)cc(C=NNC(=O)CCC(=O)Nc2ccc(OCC)cc2)cc1OC. The van der Waals surface area contributed by atoms with Crippen LogP contribution in [0.2, 0.25) is 0 Å². The summed E-state index contributed by atoms with van der Waals surface area (Å²) in [4.78, 5) is 35.6. The summed E-state index contributed by atoms with van der Waals surface area (Å²) in [5, 5.41) is 6.64. The predicted octanol–water partition coefficient (Wildman–Crippen LogP) is 3.67. The van der Waals surface area contributed by atoms with E-state index in [4.69, 9.17) is 18.9 Å². The molecule has 10 nitrogen and oxygen atoms in total. The average molecular weight is 550 g/mol. The third-order valence-corrected chi connectivity index (χ3v) is 4.91. The second-order valence-electron chi connectivity index (χ2n) is 6.93. The number of carbonyl (C=O) groups is 3. The van der Waals surface area contributed by atoms with E-state index < -0.39 is 11.9 Å². The first-order valence-corrected chi connectivity index (χ1v) is 11.7. The Hall–Kier alpha value is -3.60. The highest BCUT2D eigenvalue weighted by molar-refractivity contribution is 9.10. The van der Waals surface area contributed by atoms with Gasteiger partial charge in [0.25, 0.3) is 0 Å². The lowest BCUT2D eigenvalue weighted by Crippen LogP contribution is -2.20. The molecule has 11 heteroatoms. The number of hydrazone groups is 1. The number of hydrogen-bond acceptors (Lipinski definition) is 8. The number of hydrogen-bond donors (Lipinski definition) is 2. The van der Waals surface area contributed by atoms with Crippen LogP contribution in [0.1, 0.15) is 32.3 Å². The van der Waals surface area contributed by atoms with Crippen LogP contribution in [0.25, 0.3) is 0 Å². The van der Waals surface area contributed by atoms with E-state index in [0.717, 1.165) is 0 Å². The molecule has 0 unspecified atom stereocenters. The molecule has 2 amide bonds. The average Bonchev–Trinajstić information content (AvgIpc) is 2.83. The topological polar surface area (TPSA) is 125 Å². The zero-order chi connectivity index (χ0) is 25.6. The Morgan fingerprint density at radius 2 is 1.71 bits per heavy atom. The minimum absolute atomic E-state index is 0.000434. The van der Waals surface area contributed by atoms with Crippen molar-refractivity contribution in [2.24, 2.45) is 5.10 Å². The highest BCUT2D eigenvalue weighted by atomic mass is 79.9. The highest BCUT2D eigenvalue weighted by Gasteiger charge is 2.14. The van der Waals surface area contributed by atoms with Crippen LogP contribution in [0.15, 0.2) is 46.0 Å². The number of ether oxygens (including phenoxy) is 4. The molecule has 0 spiro atoms. The first-order valence-electron chi connectivity index (χ1n) is 10.9. The lowest BCUT2D eigenvalue weighted by Gasteiger charge is -2.13. The van der Waals surface area contributed by atoms with Gasteiger partial charge in [0.15, 0.2) is 18.1 Å². The largest absolute Gasteiger partial charge is 0.494 e. The van der Waals surface area contributed by atoms with Gasteiger partial charge in [-0.05, 0) is 71.7 Å². The Morgan fingerprint density at radius 1 is 1.00 bits per heavy atom. The Morgan fingerprint density at radius 3 is 2.37 bits per heavy atom. The molecular weight excluding hydrogens is 522 g/mol. The van der Waals surface area contributed by atoms with Crippen LogP contribution >= 0.6 is 15.9 Å². The maximum atomic E-state index is 12.1. The summed E-state index contributed by atoms with van der Waals surface area (Å²) in [6, 6.07) is 10.3. The molecule has 2 aromatic rings. The number of halogens is 1. The summed E-state index contributed by atoms with van der Waals surface area (Å²) in [5.41, 5.74) is 3.60. The monoisotopic (exact) mass is 549 g/mol. The number of esters is 1. The van der Waals surface area contributed by atoms with E-state index in [1.165, 1.54) is 13.3 Å². The smallest absolute Gasteiger partial charge is 0.344 e. The van der Waals surface area contributed by atoms with Crippen LogP contribution in [-0.4, -0.2) is 50.9 Å². The van der Waals surface area contributed by atoms with E-state index in [1.807, 2.05) is 6.92 Å². The number of anilines is 1. The van der Waals surface area contributed by atoms with Gasteiger partial charge in [0.1, 0.15) is 5.75 Å². The fourth-order valence-corrected chi connectivity index (χ4v) is 3.35. The first-order chi connectivity index (χ1) is 16.9. The minimum Gasteiger partial charge on any atom is -0.494 e. The molecular formula is C24H28BrN3O7. The van der Waals surface area contributed by atoms with E-state index in [2.05, 4.69) is 31.8 Å². The van der Waals surface area contributed by atoms with Crippen molar-refractivity contribution in [3.05, 3.63) is 46.4 Å². The second-order valence-corrected chi connectivity index (χ2v) is 7.78. The van der Waals surface area contributed by atoms with E-state index in [0.29, 0.717) is 39.6 Å². The molecule has 0 aromatic heterocycles. The standard InChI is InChI=1S/C24H28BrN3O7/c1-4-33-18-8-6-17(7-9-18)27-21(29)10-11-22(30)28-26-14-16-12-19(25)24(20(13-16)32-3)35-15-23(31)34-5-2/h6-9,12-14H,4-5,10-11,15H2,1-3H3,(H,27,29)(H,28,30). The number of amides is 2. The van der Waals surface area contributed by atoms with Crippen molar-refractivity contribution < 1.29 is 33.3 Å². The van der Waals surface area contributed by atoms with E-state index in [1.54, 1.807) is 43.3 Å². The van der Waals surface area contributed by atoms with Crippen molar-refractivity contribution in [2.45, 2.75) is 26.7 Å². The molecule has 2 aromatic carbocycles. The van der Waals surface area contributed by atoms with Crippen LogP contribution < -0.4 is 25.0 Å². The van der Waals surface area contributed by atoms with Crippen LogP contribution in [0.4, 0.5) is 5.69 Å². The molecule has 0 aliphatic carbocycles. The normalized spacial score (nSPS) is 10.5. The van der Waals surface area contributed by atoms with Gasteiger partial charge in [-0.3, -0.25) is 9.59 Å². The molecule has 0 saturated heterocycles. The summed E-state index contributed by atoms with van der Waals surface area (Å²) in [6.07, 6.45) is 1.38. The molecule has 0 atom stereocenters. The van der Waals surface area contributed by atoms with Gasteiger partial charge in [0, 0.05) is 18.5 Å². The highest BCUT2D eigenvalue weighted by Crippen LogP contribution is 2.36. The van der Waals surface area contributed by atoms with E-state index in [-0.39, 0.29) is 32.0 Å². The quantitative estimate of drug-likeness (QED) is 0.222. The lowest BCUT2D eigenvalue weighted by molar-refractivity contribution is -0.145. The van der Waals surface area contributed by atoms with Gasteiger partial charge in [-0.1, -0.05) is 0 Å². The minimum atomic E-state index is -0.497. The van der Waals surface area contributed by atoms with E-state index >= 15 is 0 Å². The third kappa shape index (κ3) is 9.65.